The number of hydrogen-bond donors (Lipinski definition) is 2. The molecule has 25 heavy (non-hydrogen) atoms. The molecule has 2 atom stereocenters. The van der Waals surface area contributed by atoms with E-state index in [1.165, 1.54) is 12.1 Å². The third-order valence-corrected chi connectivity index (χ3v) is 4.30. The molecule has 4 nitrogen and oxygen atoms in total. The van der Waals surface area contributed by atoms with Gasteiger partial charge in [0.15, 0.2) is 0 Å². The molecular weight excluding hydrogens is 321 g/mol. The van der Waals surface area contributed by atoms with Crippen LogP contribution < -0.4 is 10.1 Å². The maximum absolute atomic E-state index is 12.9. The van der Waals surface area contributed by atoms with Gasteiger partial charge < -0.3 is 19.9 Å². The third kappa shape index (κ3) is 5.53. The summed E-state index contributed by atoms with van der Waals surface area (Å²) in [5.74, 6) is 0.538. The number of aliphatic hydroxyl groups is 1. The van der Waals surface area contributed by atoms with Crippen molar-refractivity contribution < 1.29 is 19.0 Å². The molecule has 0 aliphatic carbocycles. The summed E-state index contributed by atoms with van der Waals surface area (Å²) in [6.45, 7) is 2.48. The zero-order chi connectivity index (χ0) is 17.5. The third-order valence-electron chi connectivity index (χ3n) is 4.30. The lowest BCUT2D eigenvalue weighted by atomic mass is 10.1. The summed E-state index contributed by atoms with van der Waals surface area (Å²) in [4.78, 5) is 0. The lowest BCUT2D eigenvalue weighted by Crippen LogP contribution is -2.21. The van der Waals surface area contributed by atoms with Gasteiger partial charge in [-0.3, -0.25) is 0 Å². The molecule has 1 saturated heterocycles. The van der Waals surface area contributed by atoms with Gasteiger partial charge in [-0.25, -0.2) is 4.39 Å². The van der Waals surface area contributed by atoms with Crippen molar-refractivity contribution >= 4 is 0 Å². The summed E-state index contributed by atoms with van der Waals surface area (Å²) in [5.41, 5.74) is 1.81. The monoisotopic (exact) mass is 345 g/mol. The van der Waals surface area contributed by atoms with Gasteiger partial charge in [0.1, 0.15) is 18.2 Å². The predicted molar refractivity (Wildman–Crippen MR) is 94.0 cm³/mol. The first-order valence-corrected chi connectivity index (χ1v) is 8.68. The van der Waals surface area contributed by atoms with E-state index in [2.05, 4.69) is 5.32 Å². The molecule has 2 unspecified atom stereocenters. The van der Waals surface area contributed by atoms with Crippen LogP contribution in [0.15, 0.2) is 48.5 Å². The Hall–Kier alpha value is -1.95. The molecule has 1 heterocycles. The van der Waals surface area contributed by atoms with Gasteiger partial charge in [0.05, 0.1) is 12.2 Å². The van der Waals surface area contributed by atoms with E-state index in [1.54, 1.807) is 12.1 Å². The number of nitrogens with one attached hydrogen (secondary N) is 1. The molecule has 1 aliphatic heterocycles. The van der Waals surface area contributed by atoms with Gasteiger partial charge in [-0.15, -0.1) is 0 Å². The van der Waals surface area contributed by atoms with Crippen LogP contribution in [0.3, 0.4) is 0 Å². The van der Waals surface area contributed by atoms with Crippen molar-refractivity contribution in [2.24, 2.45) is 0 Å². The molecule has 1 fully saturated rings. The van der Waals surface area contributed by atoms with Crippen molar-refractivity contribution in [1.29, 1.82) is 0 Å². The van der Waals surface area contributed by atoms with E-state index < -0.39 is 6.10 Å². The summed E-state index contributed by atoms with van der Waals surface area (Å²) >= 11 is 0. The second kappa shape index (κ2) is 8.94. The summed E-state index contributed by atoms with van der Waals surface area (Å²) in [5, 5.41) is 13.3. The van der Waals surface area contributed by atoms with Crippen molar-refractivity contribution in [2.45, 2.75) is 31.6 Å². The van der Waals surface area contributed by atoms with E-state index in [9.17, 15) is 9.50 Å². The SMILES string of the molecule is OC(CNCc1ccc(OCC2CCCO2)cc1)c1ccc(F)cc1. The second-order valence-corrected chi connectivity index (χ2v) is 6.29. The summed E-state index contributed by atoms with van der Waals surface area (Å²) in [6, 6.07) is 13.8. The predicted octanol–water partition coefficient (Wildman–Crippen LogP) is 3.21. The maximum Gasteiger partial charge on any atom is 0.123 e. The van der Waals surface area contributed by atoms with Crippen LogP contribution in [0.2, 0.25) is 0 Å². The smallest absolute Gasteiger partial charge is 0.123 e. The lowest BCUT2D eigenvalue weighted by molar-refractivity contribution is 0.0679. The Balaban J connectivity index is 1.39. The van der Waals surface area contributed by atoms with E-state index in [4.69, 9.17) is 9.47 Å². The quantitative estimate of drug-likeness (QED) is 0.771. The topological polar surface area (TPSA) is 50.7 Å². The van der Waals surface area contributed by atoms with Gasteiger partial charge in [-0.2, -0.15) is 0 Å². The van der Waals surface area contributed by atoms with Crippen molar-refractivity contribution in [3.63, 3.8) is 0 Å². The number of aliphatic hydroxyl groups excluding tert-OH is 1. The van der Waals surface area contributed by atoms with E-state index in [0.29, 0.717) is 25.3 Å². The van der Waals surface area contributed by atoms with Crippen LogP contribution in [0.4, 0.5) is 4.39 Å². The molecule has 134 valence electrons. The average molecular weight is 345 g/mol. The molecular formula is C20H24FNO3. The molecule has 2 aromatic rings. The maximum atomic E-state index is 12.9. The first kappa shape index (κ1) is 17.9. The Labute approximate surface area is 147 Å². The van der Waals surface area contributed by atoms with Crippen LogP contribution in [0.25, 0.3) is 0 Å². The Morgan fingerprint density at radius 3 is 2.60 bits per heavy atom. The van der Waals surface area contributed by atoms with E-state index in [0.717, 1.165) is 30.8 Å². The van der Waals surface area contributed by atoms with Crippen LogP contribution in [0, 0.1) is 5.82 Å². The number of ether oxygens (including phenoxy) is 2. The Kier molecular flexibility index (Phi) is 6.39. The Bertz CT molecular complexity index is 639. The Morgan fingerprint density at radius 1 is 1.16 bits per heavy atom. The largest absolute Gasteiger partial charge is 0.491 e. The molecule has 1 aliphatic rings. The number of hydrogen-bond acceptors (Lipinski definition) is 4. The molecule has 0 amide bonds. The number of halogens is 1. The normalized spacial score (nSPS) is 18.2. The van der Waals surface area contributed by atoms with Crippen LogP contribution in [0.1, 0.15) is 30.1 Å². The number of rotatable bonds is 8. The molecule has 0 saturated carbocycles. The van der Waals surface area contributed by atoms with Gasteiger partial charge in [0.2, 0.25) is 0 Å². The van der Waals surface area contributed by atoms with Crippen molar-refractivity contribution in [3.8, 4) is 5.75 Å². The van der Waals surface area contributed by atoms with Crippen LogP contribution in [-0.4, -0.2) is 31.0 Å². The highest BCUT2D eigenvalue weighted by Gasteiger charge is 2.15. The fourth-order valence-corrected chi connectivity index (χ4v) is 2.82. The van der Waals surface area contributed by atoms with Crippen molar-refractivity contribution in [3.05, 3.63) is 65.5 Å². The van der Waals surface area contributed by atoms with Gasteiger partial charge in [0.25, 0.3) is 0 Å². The highest BCUT2D eigenvalue weighted by molar-refractivity contribution is 5.27. The fourth-order valence-electron chi connectivity index (χ4n) is 2.82. The molecule has 0 aromatic heterocycles. The van der Waals surface area contributed by atoms with Gasteiger partial charge in [-0.05, 0) is 48.2 Å². The van der Waals surface area contributed by atoms with Crippen molar-refractivity contribution in [2.75, 3.05) is 19.8 Å². The molecule has 0 bridgehead atoms. The minimum absolute atomic E-state index is 0.217. The van der Waals surface area contributed by atoms with Crippen LogP contribution in [0.5, 0.6) is 5.75 Å². The standard InChI is InChI=1S/C20H24FNO3/c21-17-7-5-16(6-8-17)20(23)13-22-12-15-3-9-18(10-4-15)25-14-19-2-1-11-24-19/h3-10,19-20,22-23H,1-2,11-14H2. The van der Waals surface area contributed by atoms with E-state index >= 15 is 0 Å². The highest BCUT2D eigenvalue weighted by Crippen LogP contribution is 2.17. The summed E-state index contributed by atoms with van der Waals surface area (Å²) in [7, 11) is 0. The zero-order valence-corrected chi connectivity index (χ0v) is 14.2. The lowest BCUT2D eigenvalue weighted by Gasteiger charge is -2.13. The van der Waals surface area contributed by atoms with Crippen LogP contribution >= 0.6 is 0 Å². The highest BCUT2D eigenvalue weighted by atomic mass is 19.1. The van der Waals surface area contributed by atoms with Gasteiger partial charge in [-0.1, -0.05) is 24.3 Å². The first-order chi connectivity index (χ1) is 12.2. The van der Waals surface area contributed by atoms with Crippen LogP contribution in [-0.2, 0) is 11.3 Å². The average Bonchev–Trinajstić information content (AvgIpc) is 3.15. The molecule has 2 aromatic carbocycles. The van der Waals surface area contributed by atoms with E-state index in [1.807, 2.05) is 24.3 Å². The van der Waals surface area contributed by atoms with Crippen molar-refractivity contribution in [1.82, 2.24) is 5.32 Å². The molecule has 0 spiro atoms. The molecule has 5 heteroatoms. The Morgan fingerprint density at radius 2 is 1.92 bits per heavy atom. The minimum atomic E-state index is -0.658. The van der Waals surface area contributed by atoms with Gasteiger partial charge in [0, 0.05) is 19.7 Å². The number of benzene rings is 2. The zero-order valence-electron chi connectivity index (χ0n) is 14.2. The molecule has 3 rings (SSSR count). The fraction of sp³-hybridized carbons (Fsp3) is 0.400. The summed E-state index contributed by atoms with van der Waals surface area (Å²) < 4.78 is 24.2. The summed E-state index contributed by atoms with van der Waals surface area (Å²) in [6.07, 6.45) is 1.74. The molecule has 2 N–H and O–H groups in total. The van der Waals surface area contributed by atoms with Gasteiger partial charge >= 0.3 is 0 Å². The second-order valence-electron chi connectivity index (χ2n) is 6.29. The van der Waals surface area contributed by atoms with E-state index in [-0.39, 0.29) is 11.9 Å². The first-order valence-electron chi connectivity index (χ1n) is 8.68. The minimum Gasteiger partial charge on any atom is -0.491 e. The molecule has 0 radical (unpaired) electrons.